The van der Waals surface area contributed by atoms with Gasteiger partial charge < -0.3 is 15.5 Å². The number of aliphatic hydroxyl groups excluding tert-OH is 2. The van der Waals surface area contributed by atoms with E-state index in [2.05, 4.69) is 43.5 Å². The van der Waals surface area contributed by atoms with Gasteiger partial charge in [-0.25, -0.2) is 0 Å². The van der Waals surface area contributed by atoms with Crippen LogP contribution >= 0.6 is 0 Å². The molecule has 2 unspecified atom stereocenters. The van der Waals surface area contributed by atoms with E-state index in [1.807, 2.05) is 6.08 Å². The Morgan fingerprint density at radius 1 is 0.561 bits per heavy atom. The fourth-order valence-corrected chi connectivity index (χ4v) is 5.07. The van der Waals surface area contributed by atoms with E-state index in [1.54, 1.807) is 6.08 Å². The number of allylic oxidation sites excluding steroid dienone is 5. The third-order valence-electron chi connectivity index (χ3n) is 7.85. The second-order valence-electron chi connectivity index (χ2n) is 11.9. The minimum Gasteiger partial charge on any atom is -0.394 e. The number of carbonyl (C=O) groups excluding carboxylic acids is 1. The zero-order valence-corrected chi connectivity index (χ0v) is 27.3. The normalized spacial score (nSPS) is 13.6. The first-order valence-electron chi connectivity index (χ1n) is 17.7. The molecule has 2 atom stereocenters. The van der Waals surface area contributed by atoms with Gasteiger partial charge in [0.2, 0.25) is 5.91 Å². The molecule has 41 heavy (non-hydrogen) atoms. The van der Waals surface area contributed by atoms with E-state index in [4.69, 9.17) is 0 Å². The maximum atomic E-state index is 12.3. The van der Waals surface area contributed by atoms with Crippen LogP contribution in [0.2, 0.25) is 0 Å². The van der Waals surface area contributed by atoms with Gasteiger partial charge >= 0.3 is 0 Å². The van der Waals surface area contributed by atoms with E-state index in [0.29, 0.717) is 6.42 Å². The zero-order chi connectivity index (χ0) is 30.1. The second-order valence-corrected chi connectivity index (χ2v) is 11.9. The fraction of sp³-hybridized carbons (Fsp3) is 0.811. The lowest BCUT2D eigenvalue weighted by Gasteiger charge is -2.19. The fourth-order valence-electron chi connectivity index (χ4n) is 5.07. The Hall–Kier alpha value is -1.39. The molecule has 0 bridgehead atoms. The van der Waals surface area contributed by atoms with E-state index in [0.717, 1.165) is 44.9 Å². The van der Waals surface area contributed by atoms with Gasteiger partial charge in [0.05, 0.1) is 18.8 Å². The van der Waals surface area contributed by atoms with Gasteiger partial charge in [0.15, 0.2) is 0 Å². The van der Waals surface area contributed by atoms with E-state index >= 15 is 0 Å². The largest absolute Gasteiger partial charge is 0.394 e. The molecule has 4 nitrogen and oxygen atoms in total. The van der Waals surface area contributed by atoms with Crippen LogP contribution in [0.25, 0.3) is 0 Å². The number of aliphatic hydroxyl groups is 2. The van der Waals surface area contributed by atoms with Gasteiger partial charge in [0, 0.05) is 6.42 Å². The van der Waals surface area contributed by atoms with Crippen LogP contribution in [0.15, 0.2) is 36.5 Å². The molecule has 0 fully saturated rings. The smallest absolute Gasteiger partial charge is 0.220 e. The Kier molecular flexibility index (Phi) is 32.0. The van der Waals surface area contributed by atoms with Crippen LogP contribution in [0.3, 0.4) is 0 Å². The van der Waals surface area contributed by atoms with Crippen molar-refractivity contribution >= 4 is 5.91 Å². The van der Waals surface area contributed by atoms with E-state index in [-0.39, 0.29) is 12.5 Å². The van der Waals surface area contributed by atoms with Crippen molar-refractivity contribution in [2.24, 2.45) is 0 Å². The first-order valence-corrected chi connectivity index (χ1v) is 17.7. The van der Waals surface area contributed by atoms with Gasteiger partial charge in [0.25, 0.3) is 0 Å². The van der Waals surface area contributed by atoms with Crippen LogP contribution in [-0.4, -0.2) is 34.9 Å². The van der Waals surface area contributed by atoms with Crippen molar-refractivity contribution < 1.29 is 15.0 Å². The average Bonchev–Trinajstić information content (AvgIpc) is 2.97. The van der Waals surface area contributed by atoms with Crippen molar-refractivity contribution in [3.63, 3.8) is 0 Å². The highest BCUT2D eigenvalue weighted by Gasteiger charge is 2.17. The predicted molar refractivity (Wildman–Crippen MR) is 179 cm³/mol. The van der Waals surface area contributed by atoms with Crippen LogP contribution < -0.4 is 5.32 Å². The third-order valence-corrected chi connectivity index (χ3v) is 7.85. The van der Waals surface area contributed by atoms with Crippen molar-refractivity contribution in [2.45, 2.75) is 187 Å². The molecule has 0 spiro atoms. The summed E-state index contributed by atoms with van der Waals surface area (Å²) in [5.74, 6) is -0.0926. The molecule has 0 aromatic carbocycles. The summed E-state index contributed by atoms with van der Waals surface area (Å²) in [7, 11) is 0. The maximum absolute atomic E-state index is 12.3. The van der Waals surface area contributed by atoms with Gasteiger partial charge in [-0.05, 0) is 57.8 Å². The highest BCUT2D eigenvalue weighted by Crippen LogP contribution is 2.12. The molecule has 0 heterocycles. The molecule has 0 aliphatic carbocycles. The molecule has 0 aromatic rings. The Balaban J connectivity index is 3.72. The summed E-state index contributed by atoms with van der Waals surface area (Å²) in [6.45, 7) is 4.26. The lowest BCUT2D eigenvalue weighted by molar-refractivity contribution is -0.123. The Bertz CT molecular complexity index is 628. The maximum Gasteiger partial charge on any atom is 0.220 e. The summed E-state index contributed by atoms with van der Waals surface area (Å²) in [6.07, 6.45) is 42.2. The molecule has 0 aliphatic heterocycles. The number of rotatable bonds is 31. The SMILES string of the molecule is CCCCCCCC/C=C\CCCCCC(=O)NC(CO)C(O)/C=C/CC/C=C/CCCCCCCCCCCC. The van der Waals surface area contributed by atoms with Gasteiger partial charge in [0.1, 0.15) is 0 Å². The highest BCUT2D eigenvalue weighted by atomic mass is 16.3. The van der Waals surface area contributed by atoms with Crippen LogP contribution in [-0.2, 0) is 4.79 Å². The lowest BCUT2D eigenvalue weighted by Crippen LogP contribution is -2.45. The highest BCUT2D eigenvalue weighted by molar-refractivity contribution is 5.76. The summed E-state index contributed by atoms with van der Waals surface area (Å²) >= 11 is 0. The second kappa shape index (κ2) is 33.1. The first-order chi connectivity index (χ1) is 20.2. The van der Waals surface area contributed by atoms with Crippen LogP contribution in [0.5, 0.6) is 0 Å². The van der Waals surface area contributed by atoms with Crippen molar-refractivity contribution in [1.82, 2.24) is 5.32 Å². The topological polar surface area (TPSA) is 69.6 Å². The number of carbonyl (C=O) groups is 1. The first kappa shape index (κ1) is 39.6. The zero-order valence-electron chi connectivity index (χ0n) is 27.3. The summed E-state index contributed by atoms with van der Waals surface area (Å²) in [5, 5.41) is 22.8. The van der Waals surface area contributed by atoms with Crippen molar-refractivity contribution in [2.75, 3.05) is 6.61 Å². The minimum atomic E-state index is -0.864. The Morgan fingerprint density at radius 2 is 0.951 bits per heavy atom. The van der Waals surface area contributed by atoms with Crippen molar-refractivity contribution in [1.29, 1.82) is 0 Å². The van der Waals surface area contributed by atoms with Crippen molar-refractivity contribution in [3.05, 3.63) is 36.5 Å². The molecule has 0 rings (SSSR count). The molecular formula is C37H69NO3. The molecule has 0 radical (unpaired) electrons. The molecule has 1 amide bonds. The number of hydrogen-bond donors (Lipinski definition) is 3. The van der Waals surface area contributed by atoms with Gasteiger partial charge in [-0.15, -0.1) is 0 Å². The van der Waals surface area contributed by atoms with Gasteiger partial charge in [-0.3, -0.25) is 4.79 Å². The minimum absolute atomic E-state index is 0.0926. The summed E-state index contributed by atoms with van der Waals surface area (Å²) in [6, 6.07) is -0.643. The number of unbranched alkanes of at least 4 members (excludes halogenated alkanes) is 20. The number of amides is 1. The monoisotopic (exact) mass is 576 g/mol. The summed E-state index contributed by atoms with van der Waals surface area (Å²) < 4.78 is 0. The van der Waals surface area contributed by atoms with E-state index < -0.39 is 12.1 Å². The quantitative estimate of drug-likeness (QED) is 0.0569. The lowest BCUT2D eigenvalue weighted by atomic mass is 10.1. The van der Waals surface area contributed by atoms with Gasteiger partial charge in [-0.1, -0.05) is 147 Å². The van der Waals surface area contributed by atoms with Crippen LogP contribution in [0.1, 0.15) is 174 Å². The van der Waals surface area contributed by atoms with E-state index in [1.165, 1.54) is 109 Å². The molecule has 4 heteroatoms. The standard InChI is InChI=1S/C37H69NO3/c1-3-5-7-9-11-13-15-17-18-19-21-22-24-26-28-30-32-36(40)35(34-39)38-37(41)33-31-29-27-25-23-20-16-14-12-10-8-6-4-2/h20,22-24,30,32,35-36,39-40H,3-19,21,25-29,31,33-34H2,1-2H3,(H,38,41)/b23-20-,24-22+,32-30+. The van der Waals surface area contributed by atoms with Crippen LogP contribution in [0.4, 0.5) is 0 Å². The molecule has 0 aromatic heterocycles. The molecule has 3 N–H and O–H groups in total. The Morgan fingerprint density at radius 3 is 1.41 bits per heavy atom. The van der Waals surface area contributed by atoms with E-state index in [9.17, 15) is 15.0 Å². The molecular weight excluding hydrogens is 506 g/mol. The summed E-state index contributed by atoms with van der Waals surface area (Å²) in [5.41, 5.74) is 0. The Labute approximate surface area is 255 Å². The predicted octanol–water partition coefficient (Wildman–Crippen LogP) is 10.3. The number of hydrogen-bond acceptors (Lipinski definition) is 3. The molecule has 0 aliphatic rings. The molecule has 0 saturated heterocycles. The molecule has 240 valence electrons. The third kappa shape index (κ3) is 29.9. The van der Waals surface area contributed by atoms with Gasteiger partial charge in [-0.2, -0.15) is 0 Å². The van der Waals surface area contributed by atoms with Crippen LogP contribution in [0, 0.1) is 0 Å². The molecule has 0 saturated carbocycles. The summed E-state index contributed by atoms with van der Waals surface area (Å²) in [4.78, 5) is 12.3. The average molecular weight is 576 g/mol. The number of nitrogens with one attached hydrogen (secondary N) is 1. The van der Waals surface area contributed by atoms with Crippen molar-refractivity contribution in [3.8, 4) is 0 Å².